The molecule has 4 N–H and O–H groups in total. The first-order valence-electron chi connectivity index (χ1n) is 7.90. The second-order valence-corrected chi connectivity index (χ2v) is 6.06. The number of ether oxygens (including phenoxy) is 1. The third kappa shape index (κ3) is 2.46. The summed E-state index contributed by atoms with van der Waals surface area (Å²) in [6, 6.07) is 0.280. The van der Waals surface area contributed by atoms with E-state index in [9.17, 15) is 15.3 Å². The molecule has 9 heteroatoms. The Labute approximate surface area is 137 Å². The molecular weight excluding hydrogens is 314 g/mol. The maximum absolute atomic E-state index is 10.2. The molecule has 2 aromatic rings. The van der Waals surface area contributed by atoms with Gasteiger partial charge in [-0.25, -0.2) is 15.0 Å². The van der Waals surface area contributed by atoms with Gasteiger partial charge >= 0.3 is 0 Å². The van der Waals surface area contributed by atoms with Crippen molar-refractivity contribution in [2.45, 2.75) is 43.4 Å². The summed E-state index contributed by atoms with van der Waals surface area (Å²) in [6.07, 6.45) is 4.98. The molecule has 3 heterocycles. The van der Waals surface area contributed by atoms with E-state index >= 15 is 0 Å². The van der Waals surface area contributed by atoms with Crippen LogP contribution in [0.25, 0.3) is 11.2 Å². The van der Waals surface area contributed by atoms with E-state index < -0.39 is 24.5 Å². The highest BCUT2D eigenvalue weighted by Gasteiger charge is 2.44. The van der Waals surface area contributed by atoms with Crippen molar-refractivity contribution in [1.29, 1.82) is 0 Å². The molecule has 0 spiro atoms. The van der Waals surface area contributed by atoms with Gasteiger partial charge in [-0.3, -0.25) is 4.57 Å². The lowest BCUT2D eigenvalue weighted by molar-refractivity contribution is -0.0511. The van der Waals surface area contributed by atoms with Crippen LogP contribution in [0.2, 0.25) is 0 Å². The smallest absolute Gasteiger partial charge is 0.167 e. The van der Waals surface area contributed by atoms with Crippen LogP contribution in [0.4, 0.5) is 5.82 Å². The van der Waals surface area contributed by atoms with E-state index in [0.717, 1.165) is 12.8 Å². The lowest BCUT2D eigenvalue weighted by Gasteiger charge is -2.17. The zero-order valence-corrected chi connectivity index (χ0v) is 12.9. The third-order valence-electron chi connectivity index (χ3n) is 4.50. The van der Waals surface area contributed by atoms with E-state index in [1.54, 1.807) is 4.57 Å². The minimum atomic E-state index is -1.18. The monoisotopic (exact) mass is 333 g/mol. The van der Waals surface area contributed by atoms with E-state index in [0.29, 0.717) is 17.0 Å². The highest BCUT2D eigenvalue weighted by atomic mass is 16.6. The van der Waals surface area contributed by atoms with Crippen molar-refractivity contribution < 1.29 is 20.1 Å². The second-order valence-electron chi connectivity index (χ2n) is 6.06. The number of nitrogens with one attached hydrogen (secondary N) is 1. The van der Waals surface area contributed by atoms with Crippen LogP contribution in [-0.4, -0.2) is 65.8 Å². The van der Waals surface area contributed by atoms with E-state index in [-0.39, 0.29) is 12.6 Å². The van der Waals surface area contributed by atoms with Gasteiger partial charge in [0.1, 0.15) is 24.6 Å². The molecule has 4 rings (SSSR count). The van der Waals surface area contributed by atoms with Crippen molar-refractivity contribution in [3.63, 3.8) is 0 Å². The fourth-order valence-corrected chi connectivity index (χ4v) is 3.18. The van der Waals surface area contributed by atoms with Crippen LogP contribution in [0.5, 0.6) is 0 Å². The highest BCUT2D eigenvalue weighted by Crippen LogP contribution is 2.32. The number of hydrogen-bond acceptors (Lipinski definition) is 8. The number of aromatic nitrogens is 4. The summed E-state index contributed by atoms with van der Waals surface area (Å²) < 4.78 is 7.10. The van der Waals surface area contributed by atoms with Gasteiger partial charge in [0, 0.05) is 6.04 Å². The van der Waals surface area contributed by atoms with Crippen molar-refractivity contribution >= 4 is 17.0 Å². The Hall–Kier alpha value is -2.07. The Morgan fingerprint density at radius 3 is 2.67 bits per heavy atom. The van der Waals surface area contributed by atoms with Gasteiger partial charge in [0.25, 0.3) is 0 Å². The Morgan fingerprint density at radius 2 is 1.96 bits per heavy atom. The summed E-state index contributed by atoms with van der Waals surface area (Å²) in [5, 5.41) is 32.7. The molecule has 9 nitrogen and oxygen atoms in total. The standard InChI is InChI=1S/C15H19N5O4/c21-5-9-11(22)12(23)15(24-9)20-7-18-10-13(16-6-17-14(10)20)19-8-3-1-2-4-8/h1-2,6-9,11-12,15,21-23H,3-5H2,(H,16,17,19)/t9-,11-,12-,15-/m1/s1. The number of hydrogen-bond donors (Lipinski definition) is 4. The molecule has 2 aromatic heterocycles. The van der Waals surface area contributed by atoms with Crippen LogP contribution in [0.3, 0.4) is 0 Å². The molecule has 24 heavy (non-hydrogen) atoms. The molecule has 4 atom stereocenters. The normalized spacial score (nSPS) is 30.5. The van der Waals surface area contributed by atoms with Gasteiger partial charge < -0.3 is 25.4 Å². The van der Waals surface area contributed by atoms with Gasteiger partial charge in [-0.05, 0) is 12.8 Å². The lowest BCUT2D eigenvalue weighted by atomic mass is 10.1. The first kappa shape index (κ1) is 15.5. The second kappa shape index (κ2) is 6.10. The van der Waals surface area contributed by atoms with Crippen LogP contribution in [0, 0.1) is 0 Å². The number of nitrogens with zero attached hydrogens (tertiary/aromatic N) is 4. The van der Waals surface area contributed by atoms with E-state index in [1.165, 1.54) is 12.7 Å². The molecule has 0 aromatic carbocycles. The van der Waals surface area contributed by atoms with Crippen molar-refractivity contribution in [3.8, 4) is 0 Å². The molecule has 2 aliphatic rings. The topological polar surface area (TPSA) is 126 Å². The average molecular weight is 333 g/mol. The molecule has 1 aliphatic heterocycles. The summed E-state index contributed by atoms with van der Waals surface area (Å²) in [5.41, 5.74) is 1.07. The van der Waals surface area contributed by atoms with Gasteiger partial charge in [0.05, 0.1) is 12.9 Å². The van der Waals surface area contributed by atoms with Gasteiger partial charge in [0.2, 0.25) is 0 Å². The molecule has 0 saturated carbocycles. The molecule has 0 radical (unpaired) electrons. The molecule has 0 amide bonds. The fraction of sp³-hybridized carbons (Fsp3) is 0.533. The fourth-order valence-electron chi connectivity index (χ4n) is 3.18. The van der Waals surface area contributed by atoms with E-state index in [2.05, 4.69) is 32.4 Å². The van der Waals surface area contributed by atoms with Crippen LogP contribution in [0.15, 0.2) is 24.8 Å². The molecule has 1 saturated heterocycles. The molecule has 0 bridgehead atoms. The largest absolute Gasteiger partial charge is 0.394 e. The summed E-state index contributed by atoms with van der Waals surface area (Å²) in [7, 11) is 0. The van der Waals surface area contributed by atoms with E-state index in [1.807, 2.05) is 0 Å². The summed E-state index contributed by atoms with van der Waals surface area (Å²) in [4.78, 5) is 12.8. The average Bonchev–Trinajstić information content (AvgIpc) is 3.30. The van der Waals surface area contributed by atoms with Crippen LogP contribution in [0.1, 0.15) is 19.1 Å². The van der Waals surface area contributed by atoms with Crippen LogP contribution >= 0.6 is 0 Å². The number of anilines is 1. The zero-order chi connectivity index (χ0) is 16.7. The number of aliphatic hydroxyl groups excluding tert-OH is 3. The quantitative estimate of drug-likeness (QED) is 0.555. The molecule has 0 unspecified atom stereocenters. The molecule has 128 valence electrons. The summed E-state index contributed by atoms with van der Waals surface area (Å²) >= 11 is 0. The predicted octanol–water partition coefficient (Wildman–Crippen LogP) is -0.432. The third-order valence-corrected chi connectivity index (χ3v) is 4.50. The van der Waals surface area contributed by atoms with Crippen LogP contribution in [-0.2, 0) is 4.74 Å². The number of imidazole rings is 1. The SMILES string of the molecule is OC[C@H]1O[C@@H](n2cnc3c(NC4CC=CC4)ncnc32)[C@H](O)[C@@H]1O. The zero-order valence-electron chi connectivity index (χ0n) is 12.9. The summed E-state index contributed by atoms with van der Waals surface area (Å²) in [5.74, 6) is 0.624. The Morgan fingerprint density at radius 1 is 1.17 bits per heavy atom. The van der Waals surface area contributed by atoms with Crippen molar-refractivity contribution in [2.75, 3.05) is 11.9 Å². The van der Waals surface area contributed by atoms with Crippen molar-refractivity contribution in [3.05, 3.63) is 24.8 Å². The highest BCUT2D eigenvalue weighted by molar-refractivity contribution is 5.82. The first-order chi connectivity index (χ1) is 11.7. The molecular formula is C15H19N5O4. The Bertz CT molecular complexity index is 755. The van der Waals surface area contributed by atoms with Crippen molar-refractivity contribution in [1.82, 2.24) is 19.5 Å². The number of fused-ring (bicyclic) bond motifs is 1. The van der Waals surface area contributed by atoms with Gasteiger partial charge in [-0.2, -0.15) is 0 Å². The maximum Gasteiger partial charge on any atom is 0.167 e. The maximum atomic E-state index is 10.2. The van der Waals surface area contributed by atoms with Gasteiger partial charge in [0.15, 0.2) is 23.2 Å². The lowest BCUT2D eigenvalue weighted by Crippen LogP contribution is -2.33. The molecule has 1 fully saturated rings. The van der Waals surface area contributed by atoms with Gasteiger partial charge in [-0.15, -0.1) is 0 Å². The minimum absolute atomic E-state index is 0.280. The Balaban J connectivity index is 1.65. The Kier molecular flexibility index (Phi) is 3.93. The van der Waals surface area contributed by atoms with Crippen LogP contribution < -0.4 is 5.32 Å². The van der Waals surface area contributed by atoms with Crippen molar-refractivity contribution in [2.24, 2.45) is 0 Å². The van der Waals surface area contributed by atoms with Gasteiger partial charge in [-0.1, -0.05) is 12.2 Å². The minimum Gasteiger partial charge on any atom is -0.394 e. The first-order valence-corrected chi connectivity index (χ1v) is 7.90. The van der Waals surface area contributed by atoms with E-state index in [4.69, 9.17) is 4.74 Å². The summed E-state index contributed by atoms with van der Waals surface area (Å²) in [6.45, 7) is -0.377. The predicted molar refractivity (Wildman–Crippen MR) is 84.1 cm³/mol. The number of rotatable bonds is 4. The number of aliphatic hydroxyl groups is 3. The molecule has 1 aliphatic carbocycles.